The van der Waals surface area contributed by atoms with Gasteiger partial charge in [0.25, 0.3) is 0 Å². The number of ether oxygens (including phenoxy) is 1. The van der Waals surface area contributed by atoms with Gasteiger partial charge in [0.15, 0.2) is 0 Å². The Morgan fingerprint density at radius 1 is 1.08 bits per heavy atom. The van der Waals surface area contributed by atoms with E-state index >= 15 is 0 Å². The second kappa shape index (κ2) is 8.68. The molecule has 5 heteroatoms. The second-order valence-corrected chi connectivity index (χ2v) is 5.68. The molecule has 0 atom stereocenters. The number of allylic oxidation sites excluding steroid dienone is 1. The van der Waals surface area contributed by atoms with Crippen LogP contribution in [0.3, 0.4) is 0 Å². The number of carbonyl (C=O) groups is 2. The molecule has 0 aliphatic carbocycles. The fourth-order valence-corrected chi connectivity index (χ4v) is 2.33. The standard InChI is InChI=1S/C20H22N2O3/c1-4-9-19(23)21-16-10-8-13-18(14-16)25-20(24)22(15(2)3)17-11-6-5-7-12-17/h4-15H,1-3H3,(H,21,23). The molecule has 0 unspecified atom stereocenters. The monoisotopic (exact) mass is 338 g/mol. The quantitative estimate of drug-likeness (QED) is 0.810. The number of anilines is 2. The number of nitrogens with zero attached hydrogens (tertiary/aromatic N) is 1. The Hall–Kier alpha value is -3.08. The number of hydrogen-bond donors (Lipinski definition) is 1. The Kier molecular flexibility index (Phi) is 6.34. The molecular weight excluding hydrogens is 316 g/mol. The molecule has 0 radical (unpaired) electrons. The van der Waals surface area contributed by atoms with Gasteiger partial charge in [0, 0.05) is 23.5 Å². The summed E-state index contributed by atoms with van der Waals surface area (Å²) in [5, 5.41) is 2.71. The van der Waals surface area contributed by atoms with Crippen LogP contribution < -0.4 is 15.0 Å². The Balaban J connectivity index is 2.15. The van der Waals surface area contributed by atoms with Crippen molar-refractivity contribution in [3.63, 3.8) is 0 Å². The Morgan fingerprint density at radius 2 is 1.80 bits per heavy atom. The molecule has 0 fully saturated rings. The molecule has 0 aliphatic rings. The number of amides is 2. The first-order valence-corrected chi connectivity index (χ1v) is 8.11. The lowest BCUT2D eigenvalue weighted by atomic mass is 10.2. The number of benzene rings is 2. The summed E-state index contributed by atoms with van der Waals surface area (Å²) in [6.07, 6.45) is 2.60. The molecule has 25 heavy (non-hydrogen) atoms. The maximum Gasteiger partial charge on any atom is 0.419 e. The van der Waals surface area contributed by atoms with E-state index in [1.54, 1.807) is 42.2 Å². The van der Waals surface area contributed by atoms with E-state index in [1.807, 2.05) is 44.2 Å². The van der Waals surface area contributed by atoms with Crippen molar-refractivity contribution in [1.29, 1.82) is 0 Å². The zero-order valence-corrected chi connectivity index (χ0v) is 14.6. The number of para-hydroxylation sites is 1. The van der Waals surface area contributed by atoms with Gasteiger partial charge in [-0.2, -0.15) is 0 Å². The van der Waals surface area contributed by atoms with E-state index in [4.69, 9.17) is 4.74 Å². The lowest BCUT2D eigenvalue weighted by molar-refractivity contribution is -0.111. The molecule has 130 valence electrons. The summed E-state index contributed by atoms with van der Waals surface area (Å²) < 4.78 is 5.49. The highest BCUT2D eigenvalue weighted by molar-refractivity contribution is 5.99. The highest BCUT2D eigenvalue weighted by Gasteiger charge is 2.21. The third-order valence-corrected chi connectivity index (χ3v) is 3.37. The van der Waals surface area contributed by atoms with Gasteiger partial charge in [-0.15, -0.1) is 0 Å². The maximum absolute atomic E-state index is 12.6. The molecule has 0 aromatic heterocycles. The van der Waals surface area contributed by atoms with Gasteiger partial charge < -0.3 is 10.1 Å². The number of carbonyl (C=O) groups excluding carboxylic acids is 2. The molecule has 1 N–H and O–H groups in total. The molecule has 0 bridgehead atoms. The van der Waals surface area contributed by atoms with Crippen molar-refractivity contribution in [3.05, 3.63) is 66.7 Å². The van der Waals surface area contributed by atoms with E-state index in [0.29, 0.717) is 11.4 Å². The summed E-state index contributed by atoms with van der Waals surface area (Å²) >= 11 is 0. The molecule has 2 aromatic rings. The first-order valence-electron chi connectivity index (χ1n) is 8.11. The first-order chi connectivity index (χ1) is 12.0. The lowest BCUT2D eigenvalue weighted by Crippen LogP contribution is -2.39. The zero-order chi connectivity index (χ0) is 18.2. The molecule has 0 spiro atoms. The van der Waals surface area contributed by atoms with Gasteiger partial charge in [-0.25, -0.2) is 4.79 Å². The first kappa shape index (κ1) is 18.3. The van der Waals surface area contributed by atoms with Crippen LogP contribution >= 0.6 is 0 Å². The van der Waals surface area contributed by atoms with E-state index in [-0.39, 0.29) is 11.9 Å². The van der Waals surface area contributed by atoms with Crippen LogP contribution in [0.15, 0.2) is 66.7 Å². The number of rotatable bonds is 5. The van der Waals surface area contributed by atoms with Gasteiger partial charge >= 0.3 is 6.09 Å². The number of hydrogen-bond acceptors (Lipinski definition) is 3. The SMILES string of the molecule is CC=CC(=O)Nc1cccc(OC(=O)N(c2ccccc2)C(C)C)c1. The van der Waals surface area contributed by atoms with Gasteiger partial charge in [-0.05, 0) is 51.1 Å². The van der Waals surface area contributed by atoms with Crippen molar-refractivity contribution in [2.24, 2.45) is 0 Å². The summed E-state index contributed by atoms with van der Waals surface area (Å²) in [4.78, 5) is 25.8. The molecule has 5 nitrogen and oxygen atoms in total. The van der Waals surface area contributed by atoms with Crippen molar-refractivity contribution >= 4 is 23.4 Å². The van der Waals surface area contributed by atoms with Crippen molar-refractivity contribution in [3.8, 4) is 5.75 Å². The van der Waals surface area contributed by atoms with Crippen molar-refractivity contribution in [2.75, 3.05) is 10.2 Å². The summed E-state index contributed by atoms with van der Waals surface area (Å²) in [7, 11) is 0. The molecule has 2 aromatic carbocycles. The van der Waals surface area contributed by atoms with Gasteiger partial charge in [-0.3, -0.25) is 9.69 Å². The normalized spacial score (nSPS) is 10.7. The van der Waals surface area contributed by atoms with E-state index in [1.165, 1.54) is 6.08 Å². The van der Waals surface area contributed by atoms with E-state index in [9.17, 15) is 9.59 Å². The summed E-state index contributed by atoms with van der Waals surface area (Å²) in [5.74, 6) is 0.129. The molecular formula is C20H22N2O3. The van der Waals surface area contributed by atoms with Crippen LogP contribution in [0.2, 0.25) is 0 Å². The predicted octanol–water partition coefficient (Wildman–Crippen LogP) is 4.62. The van der Waals surface area contributed by atoms with Crippen molar-refractivity contribution in [1.82, 2.24) is 0 Å². The van der Waals surface area contributed by atoms with Crippen LogP contribution in [0.5, 0.6) is 5.75 Å². The van der Waals surface area contributed by atoms with E-state index in [0.717, 1.165) is 5.69 Å². The van der Waals surface area contributed by atoms with Gasteiger partial charge in [-0.1, -0.05) is 30.3 Å². The maximum atomic E-state index is 12.6. The van der Waals surface area contributed by atoms with E-state index < -0.39 is 6.09 Å². The molecule has 0 saturated carbocycles. The van der Waals surface area contributed by atoms with Crippen LogP contribution in [0, 0.1) is 0 Å². The smallest absolute Gasteiger partial charge is 0.410 e. The van der Waals surface area contributed by atoms with Crippen LogP contribution in [-0.4, -0.2) is 18.0 Å². The van der Waals surface area contributed by atoms with Gasteiger partial charge in [0.05, 0.1) is 0 Å². The Bertz CT molecular complexity index is 755. The van der Waals surface area contributed by atoms with Crippen molar-refractivity contribution < 1.29 is 14.3 Å². The fourth-order valence-electron chi connectivity index (χ4n) is 2.33. The molecule has 0 aliphatic heterocycles. The predicted molar refractivity (Wildman–Crippen MR) is 100.0 cm³/mol. The van der Waals surface area contributed by atoms with Gasteiger partial charge in [0.2, 0.25) is 5.91 Å². The topological polar surface area (TPSA) is 58.6 Å². The van der Waals surface area contributed by atoms with Gasteiger partial charge in [0.1, 0.15) is 5.75 Å². The zero-order valence-electron chi connectivity index (χ0n) is 14.6. The highest BCUT2D eigenvalue weighted by atomic mass is 16.6. The third-order valence-electron chi connectivity index (χ3n) is 3.37. The highest BCUT2D eigenvalue weighted by Crippen LogP contribution is 2.22. The van der Waals surface area contributed by atoms with Crippen molar-refractivity contribution in [2.45, 2.75) is 26.8 Å². The largest absolute Gasteiger partial charge is 0.419 e. The third kappa shape index (κ3) is 5.21. The minimum Gasteiger partial charge on any atom is -0.410 e. The van der Waals surface area contributed by atoms with Crippen LogP contribution in [-0.2, 0) is 4.79 Å². The van der Waals surface area contributed by atoms with Crippen LogP contribution in [0.25, 0.3) is 0 Å². The summed E-state index contributed by atoms with van der Waals surface area (Å²) in [5.41, 5.74) is 1.32. The minimum atomic E-state index is -0.474. The summed E-state index contributed by atoms with van der Waals surface area (Å²) in [6, 6.07) is 16.0. The fraction of sp³-hybridized carbons (Fsp3) is 0.200. The van der Waals surface area contributed by atoms with Crippen LogP contribution in [0.4, 0.5) is 16.2 Å². The Labute approximate surface area is 147 Å². The average Bonchev–Trinajstić information content (AvgIpc) is 2.56. The lowest BCUT2D eigenvalue weighted by Gasteiger charge is -2.25. The average molecular weight is 338 g/mol. The molecule has 2 amide bonds. The minimum absolute atomic E-state index is 0.0625. The molecule has 0 saturated heterocycles. The molecule has 0 heterocycles. The van der Waals surface area contributed by atoms with E-state index in [2.05, 4.69) is 5.32 Å². The van der Waals surface area contributed by atoms with Crippen LogP contribution in [0.1, 0.15) is 20.8 Å². The number of nitrogens with one attached hydrogen (secondary N) is 1. The molecule has 2 rings (SSSR count). The Morgan fingerprint density at radius 3 is 2.44 bits per heavy atom. The summed E-state index contributed by atoms with van der Waals surface area (Å²) in [6.45, 7) is 5.60. The second-order valence-electron chi connectivity index (χ2n) is 5.68.